The minimum Gasteiger partial charge on any atom is -0.452 e. The van der Waals surface area contributed by atoms with Gasteiger partial charge in [-0.05, 0) is 32.3 Å². The summed E-state index contributed by atoms with van der Waals surface area (Å²) in [5.74, 6) is 0.849. The average molecular weight is 493 g/mol. The van der Waals surface area contributed by atoms with Gasteiger partial charge in [0.15, 0.2) is 27.9 Å². The summed E-state index contributed by atoms with van der Waals surface area (Å²) in [6, 6.07) is 11.1. The molecule has 0 bridgehead atoms. The topological polar surface area (TPSA) is 117 Å². The molecular formula is C25H24N4O5S. The molecule has 1 saturated heterocycles. The zero-order valence-electron chi connectivity index (χ0n) is 19.2. The Kier molecular flexibility index (Phi) is 5.21. The molecule has 2 aliphatic rings. The summed E-state index contributed by atoms with van der Waals surface area (Å²) < 4.78 is 37.2. The molecule has 4 aromatic rings. The number of fused-ring (bicyclic) bond motifs is 1. The van der Waals surface area contributed by atoms with E-state index in [1.807, 2.05) is 30.3 Å². The number of sulfone groups is 1. The smallest absolute Gasteiger partial charge is 0.339 e. The van der Waals surface area contributed by atoms with Crippen LogP contribution in [-0.2, 0) is 21.2 Å². The fourth-order valence-electron chi connectivity index (χ4n) is 4.62. The normalized spacial score (nSPS) is 19.3. The Morgan fingerprint density at radius 1 is 1.20 bits per heavy atom. The lowest BCUT2D eigenvalue weighted by molar-refractivity contribution is 0.0441. The van der Waals surface area contributed by atoms with Crippen LogP contribution in [0.25, 0.3) is 22.4 Å². The molecule has 1 aromatic carbocycles. The molecule has 35 heavy (non-hydrogen) atoms. The van der Waals surface area contributed by atoms with Crippen molar-refractivity contribution in [3.05, 3.63) is 65.4 Å². The van der Waals surface area contributed by atoms with Gasteiger partial charge in [0, 0.05) is 17.2 Å². The third kappa shape index (κ3) is 4.22. The summed E-state index contributed by atoms with van der Waals surface area (Å²) in [6.07, 6.45) is 4.12. The van der Waals surface area contributed by atoms with Crippen molar-refractivity contribution in [1.29, 1.82) is 0 Å². The highest BCUT2D eigenvalue weighted by Gasteiger charge is 2.34. The number of oxazole rings is 1. The molecule has 1 aliphatic heterocycles. The monoisotopic (exact) mass is 492 g/mol. The second-order valence-electron chi connectivity index (χ2n) is 9.21. The van der Waals surface area contributed by atoms with E-state index in [1.165, 1.54) is 0 Å². The molecule has 1 saturated carbocycles. The number of rotatable bonds is 6. The zero-order valence-corrected chi connectivity index (χ0v) is 20.0. The van der Waals surface area contributed by atoms with E-state index in [4.69, 9.17) is 14.1 Å². The van der Waals surface area contributed by atoms with Gasteiger partial charge < -0.3 is 9.15 Å². The maximum atomic E-state index is 13.2. The predicted octanol–water partition coefficient (Wildman–Crippen LogP) is 3.99. The molecule has 0 N–H and O–H groups in total. The van der Waals surface area contributed by atoms with Crippen molar-refractivity contribution in [2.45, 2.75) is 44.8 Å². The summed E-state index contributed by atoms with van der Waals surface area (Å²) >= 11 is 0. The molecule has 1 aliphatic carbocycles. The Morgan fingerprint density at radius 3 is 2.71 bits per heavy atom. The van der Waals surface area contributed by atoms with E-state index in [1.54, 1.807) is 23.9 Å². The van der Waals surface area contributed by atoms with Crippen LogP contribution in [0.2, 0.25) is 0 Å². The Labute approximate surface area is 202 Å². The van der Waals surface area contributed by atoms with Gasteiger partial charge in [-0.3, -0.25) is 0 Å². The van der Waals surface area contributed by atoms with Crippen LogP contribution < -0.4 is 0 Å². The first-order valence-electron chi connectivity index (χ1n) is 11.7. The Balaban J connectivity index is 1.30. The Morgan fingerprint density at radius 2 is 2.00 bits per heavy atom. The summed E-state index contributed by atoms with van der Waals surface area (Å²) in [6.45, 7) is 1.69. The predicted molar refractivity (Wildman–Crippen MR) is 128 cm³/mol. The van der Waals surface area contributed by atoms with Crippen molar-refractivity contribution < 1.29 is 22.4 Å². The van der Waals surface area contributed by atoms with Crippen LogP contribution >= 0.6 is 0 Å². The van der Waals surface area contributed by atoms with E-state index < -0.39 is 15.8 Å². The van der Waals surface area contributed by atoms with Crippen molar-refractivity contribution in [2.75, 3.05) is 11.5 Å². The Bertz CT molecular complexity index is 1540. The van der Waals surface area contributed by atoms with Crippen LogP contribution in [0.3, 0.4) is 0 Å². The van der Waals surface area contributed by atoms with Crippen LogP contribution in [0.4, 0.5) is 0 Å². The first kappa shape index (κ1) is 22.0. The van der Waals surface area contributed by atoms with Crippen molar-refractivity contribution >= 4 is 26.8 Å². The fraction of sp³-hybridized carbons (Fsp3) is 0.360. The van der Waals surface area contributed by atoms with Crippen molar-refractivity contribution in [3.63, 3.8) is 0 Å². The van der Waals surface area contributed by atoms with Gasteiger partial charge in [-0.25, -0.2) is 27.9 Å². The van der Waals surface area contributed by atoms with Crippen molar-refractivity contribution in [3.8, 4) is 11.3 Å². The molecule has 6 rings (SSSR count). The molecule has 0 amide bonds. The molecule has 10 heteroatoms. The van der Waals surface area contributed by atoms with E-state index in [0.29, 0.717) is 46.3 Å². The summed E-state index contributed by atoms with van der Waals surface area (Å²) in [4.78, 5) is 22.3. The second kappa shape index (κ2) is 8.30. The lowest BCUT2D eigenvalue weighted by Crippen LogP contribution is -2.14. The fourth-order valence-corrected chi connectivity index (χ4v) is 6.31. The third-order valence-corrected chi connectivity index (χ3v) is 8.32. The van der Waals surface area contributed by atoms with Gasteiger partial charge in [0.2, 0.25) is 5.89 Å². The SMILES string of the molecule is Cc1nn([C@@H]2CCS(=O)(=O)C2)c2nc(C3CC3)cc(C(=O)OCc3ncc(-c4ccccc4)o3)c12. The highest BCUT2D eigenvalue weighted by atomic mass is 32.2. The number of benzene rings is 1. The van der Waals surface area contributed by atoms with Crippen LogP contribution in [0.15, 0.2) is 47.0 Å². The van der Waals surface area contributed by atoms with E-state index >= 15 is 0 Å². The average Bonchev–Trinajstić information content (AvgIpc) is 3.35. The molecule has 9 nitrogen and oxygen atoms in total. The summed E-state index contributed by atoms with van der Waals surface area (Å²) in [5, 5.41) is 5.21. The minimum absolute atomic E-state index is 0.0340. The quantitative estimate of drug-likeness (QED) is 0.371. The number of aromatic nitrogens is 4. The van der Waals surface area contributed by atoms with Crippen LogP contribution in [0, 0.1) is 6.92 Å². The van der Waals surface area contributed by atoms with E-state index in [2.05, 4.69) is 10.1 Å². The first-order valence-corrected chi connectivity index (χ1v) is 13.5. The highest BCUT2D eigenvalue weighted by Crippen LogP contribution is 2.41. The third-order valence-electron chi connectivity index (χ3n) is 6.57. The molecular weight excluding hydrogens is 468 g/mol. The summed E-state index contributed by atoms with van der Waals surface area (Å²) in [5.41, 5.74) is 3.25. The first-order chi connectivity index (χ1) is 16.9. The molecule has 3 aromatic heterocycles. The van der Waals surface area contributed by atoms with E-state index in [9.17, 15) is 13.2 Å². The maximum absolute atomic E-state index is 13.2. The lowest BCUT2D eigenvalue weighted by atomic mass is 10.1. The molecule has 0 radical (unpaired) electrons. The molecule has 0 unspecified atom stereocenters. The number of aryl methyl sites for hydroxylation is 1. The van der Waals surface area contributed by atoms with Gasteiger partial charge in [-0.2, -0.15) is 5.10 Å². The van der Waals surface area contributed by atoms with Gasteiger partial charge in [-0.15, -0.1) is 0 Å². The molecule has 0 spiro atoms. The largest absolute Gasteiger partial charge is 0.452 e. The Hall–Kier alpha value is -3.53. The second-order valence-corrected chi connectivity index (χ2v) is 11.4. The number of hydrogen-bond acceptors (Lipinski definition) is 8. The van der Waals surface area contributed by atoms with Gasteiger partial charge in [0.25, 0.3) is 0 Å². The van der Waals surface area contributed by atoms with Crippen LogP contribution in [0.5, 0.6) is 0 Å². The van der Waals surface area contributed by atoms with Crippen molar-refractivity contribution in [1.82, 2.24) is 19.7 Å². The minimum atomic E-state index is -3.10. The van der Waals surface area contributed by atoms with Crippen LogP contribution in [-0.4, -0.2) is 45.6 Å². The number of carbonyl (C=O) groups is 1. The van der Waals surface area contributed by atoms with E-state index in [-0.39, 0.29) is 24.2 Å². The van der Waals surface area contributed by atoms with Gasteiger partial charge in [0.1, 0.15) is 0 Å². The number of pyridine rings is 1. The highest BCUT2D eigenvalue weighted by molar-refractivity contribution is 7.91. The van der Waals surface area contributed by atoms with Crippen molar-refractivity contribution in [2.24, 2.45) is 0 Å². The lowest BCUT2D eigenvalue weighted by Gasteiger charge is -2.11. The molecule has 180 valence electrons. The number of nitrogens with zero attached hydrogens (tertiary/aromatic N) is 4. The maximum Gasteiger partial charge on any atom is 0.339 e. The standard InChI is InChI=1S/C25H24N4O5S/c1-15-23-19(25(30)33-13-22-26-12-21(34-22)17-5-3-2-4-6-17)11-20(16-7-8-16)27-24(23)29(28-15)18-9-10-35(31,32)14-18/h2-6,11-12,16,18H,7-10,13-14H2,1H3/t18-/m1/s1. The molecule has 1 atom stereocenters. The van der Waals surface area contributed by atoms with Gasteiger partial charge in [0.05, 0.1) is 40.4 Å². The number of ether oxygens (including phenoxy) is 1. The summed E-state index contributed by atoms with van der Waals surface area (Å²) in [7, 11) is -3.10. The van der Waals surface area contributed by atoms with Gasteiger partial charge >= 0.3 is 5.97 Å². The number of esters is 1. The van der Waals surface area contributed by atoms with Crippen LogP contribution in [0.1, 0.15) is 58.9 Å². The number of carbonyl (C=O) groups excluding carboxylic acids is 1. The molecule has 4 heterocycles. The number of hydrogen-bond donors (Lipinski definition) is 0. The molecule has 2 fully saturated rings. The van der Waals surface area contributed by atoms with E-state index in [0.717, 1.165) is 24.1 Å². The van der Waals surface area contributed by atoms with Gasteiger partial charge in [-0.1, -0.05) is 30.3 Å². The zero-order chi connectivity index (χ0) is 24.2.